The van der Waals surface area contributed by atoms with Gasteiger partial charge in [0.2, 0.25) is 5.96 Å². The summed E-state index contributed by atoms with van der Waals surface area (Å²) in [7, 11) is 1.13. The summed E-state index contributed by atoms with van der Waals surface area (Å²) < 4.78 is 51.6. The zero-order chi connectivity index (χ0) is 43.0. The van der Waals surface area contributed by atoms with Crippen LogP contribution in [0.1, 0.15) is 95.3 Å². The molecule has 2 aliphatic heterocycles. The number of thiophene rings is 1. The number of ether oxygens (including phenoxy) is 3. The van der Waals surface area contributed by atoms with Crippen LogP contribution in [0.2, 0.25) is 0 Å². The van der Waals surface area contributed by atoms with E-state index in [1.54, 1.807) is 96.6 Å². The van der Waals surface area contributed by atoms with Crippen LogP contribution in [0.15, 0.2) is 41.4 Å². The van der Waals surface area contributed by atoms with E-state index in [9.17, 15) is 19.2 Å². The van der Waals surface area contributed by atoms with Gasteiger partial charge in [-0.3, -0.25) is 5.32 Å². The van der Waals surface area contributed by atoms with Crippen molar-refractivity contribution >= 4 is 71.2 Å². The van der Waals surface area contributed by atoms with Crippen LogP contribution in [0.5, 0.6) is 0 Å². The second-order valence-electron chi connectivity index (χ2n) is 16.2. The van der Waals surface area contributed by atoms with Gasteiger partial charge in [0.25, 0.3) is 0 Å². The first kappa shape index (κ1) is 44.9. The molecule has 0 aliphatic carbocycles. The van der Waals surface area contributed by atoms with E-state index in [0.29, 0.717) is 25.1 Å². The summed E-state index contributed by atoms with van der Waals surface area (Å²) in [6, 6.07) is 5.30. The van der Waals surface area contributed by atoms with E-state index >= 15 is 8.78 Å². The number of alkyl carbamates (subject to hydrolysis) is 2. The number of anilines is 1. The number of nitriles is 1. The molecule has 3 N–H and O–H groups in total. The quantitative estimate of drug-likeness (QED) is 0.0859. The molecular weight excluding hydrogens is 775 g/mol. The molecule has 2 aromatic rings. The molecular formula is C39H48BF2N7O8S. The Balaban J connectivity index is 1.42. The fourth-order valence-corrected chi connectivity index (χ4v) is 6.51. The molecule has 4 rings (SSSR count). The first-order chi connectivity index (χ1) is 27.0. The number of hydrogen-bond donors (Lipinski definition) is 3. The van der Waals surface area contributed by atoms with E-state index in [0.717, 1.165) is 29.7 Å². The fourth-order valence-electron chi connectivity index (χ4n) is 5.54. The molecule has 1 aromatic heterocycles. The van der Waals surface area contributed by atoms with Gasteiger partial charge in [-0.1, -0.05) is 6.08 Å². The fraction of sp³-hybridized carbons (Fsp3) is 0.462. The first-order valence-electron chi connectivity index (χ1n) is 18.4. The Morgan fingerprint density at radius 1 is 0.810 bits per heavy atom. The van der Waals surface area contributed by atoms with Gasteiger partial charge in [-0.05, 0) is 59.6 Å². The molecule has 0 fully saturated rings. The topological polar surface area (TPSA) is 184 Å². The van der Waals surface area contributed by atoms with Gasteiger partial charge in [-0.25, -0.2) is 18.4 Å². The maximum absolute atomic E-state index is 15.5. The molecule has 0 saturated heterocycles. The van der Waals surface area contributed by atoms with Crippen molar-refractivity contribution in [2.24, 2.45) is 4.99 Å². The van der Waals surface area contributed by atoms with Gasteiger partial charge < -0.3 is 14.4 Å². The maximum atomic E-state index is 15.5. The second-order valence-corrected chi connectivity index (χ2v) is 17.2. The molecule has 0 spiro atoms. The molecule has 15 nitrogen and oxygen atoms in total. The van der Waals surface area contributed by atoms with Crippen molar-refractivity contribution in [1.82, 2.24) is 20.4 Å². The zero-order valence-corrected chi connectivity index (χ0v) is 34.8. The SMILES string of the molecule is CC(C)(C)OC(=O)/N=C(/NC(=O)OC(C)(C)C)N1CC=C(c2cc(F)c(NC(=O)c3ccc(C4=CCN(C(=BOC#N)NC(=O)OC(C)(C)C)CC4)s3)cc2F)CC1. The van der Waals surface area contributed by atoms with Crippen molar-refractivity contribution in [3.05, 3.63) is 63.4 Å². The molecule has 3 heterocycles. The van der Waals surface area contributed by atoms with E-state index in [1.807, 2.05) is 6.08 Å². The van der Waals surface area contributed by atoms with E-state index in [2.05, 4.69) is 20.9 Å². The molecule has 0 bridgehead atoms. The van der Waals surface area contributed by atoms with Crippen LogP contribution in [0.25, 0.3) is 11.1 Å². The number of rotatable bonds is 7. The van der Waals surface area contributed by atoms with Crippen LogP contribution in [0.3, 0.4) is 0 Å². The third kappa shape index (κ3) is 13.7. The van der Waals surface area contributed by atoms with Crippen molar-refractivity contribution in [2.45, 2.75) is 92.0 Å². The summed E-state index contributed by atoms with van der Waals surface area (Å²) >= 11 is 1.18. The number of aliphatic imine (C=N–C) groups is 1. The summed E-state index contributed by atoms with van der Waals surface area (Å²) in [6.45, 7) is 16.3. The molecule has 4 amide bonds. The third-order valence-electron chi connectivity index (χ3n) is 7.91. The van der Waals surface area contributed by atoms with Crippen molar-refractivity contribution < 1.29 is 46.8 Å². The normalized spacial score (nSPS) is 15.2. The molecule has 1 aromatic carbocycles. The van der Waals surface area contributed by atoms with Crippen molar-refractivity contribution in [3.8, 4) is 6.26 Å². The van der Waals surface area contributed by atoms with Gasteiger partial charge in [0.05, 0.1) is 0 Å². The van der Waals surface area contributed by atoms with Crippen LogP contribution in [-0.4, -0.2) is 95.8 Å². The second kappa shape index (κ2) is 18.7. The smallest absolute Gasteiger partial charge is 0.206 e. The Labute approximate surface area is 341 Å². The number of hydrogen-bond acceptors (Lipinski definition) is 11. The van der Waals surface area contributed by atoms with Crippen LogP contribution < -0.4 is 16.0 Å². The Morgan fingerprint density at radius 2 is 1.40 bits per heavy atom. The summed E-state index contributed by atoms with van der Waals surface area (Å²) in [6.07, 6.45) is 3.32. The molecule has 0 radical (unpaired) electrons. The Hall–Kier alpha value is -5.77. The van der Waals surface area contributed by atoms with E-state index < -0.39 is 52.6 Å². The number of nitrogens with zero attached hydrogens (tertiary/aromatic N) is 4. The molecule has 2 aliphatic rings. The van der Waals surface area contributed by atoms with Gasteiger partial charge in [-0.2, -0.15) is 0 Å². The summed E-state index contributed by atoms with van der Waals surface area (Å²) in [5.74, 6) is -2.35. The van der Waals surface area contributed by atoms with Crippen molar-refractivity contribution in [3.63, 3.8) is 0 Å². The average molecular weight is 824 g/mol. The molecule has 19 heteroatoms. The summed E-state index contributed by atoms with van der Waals surface area (Å²) in [4.78, 5) is 59.0. The third-order valence-corrected chi connectivity index (χ3v) is 9.07. The van der Waals surface area contributed by atoms with Crippen LogP contribution in [0, 0.1) is 23.2 Å². The Bertz CT molecular complexity index is 2070. The number of guanidine groups is 1. The predicted molar refractivity (Wildman–Crippen MR) is 217 cm³/mol. The van der Waals surface area contributed by atoms with Gasteiger partial charge in [0, 0.05) is 18.7 Å². The summed E-state index contributed by atoms with van der Waals surface area (Å²) in [5.41, 5.74) is -1.08. The molecule has 0 atom stereocenters. The van der Waals surface area contributed by atoms with Crippen LogP contribution in [-0.2, 0) is 18.9 Å². The molecule has 310 valence electrons. The standard InChI is InChI=1S/C39H48BF2N7O8S/c1-37(2,3)55-34(51)45-32(40-54-22-43)48-16-14-24(15-17-48)29-10-11-30(58-29)31(50)44-28-21-26(41)25(20-27(28)42)23-12-18-49(19-13-23)33(46-35(52)56-38(4,5)6)47-36(53)57-39(7,8)9/h10-12,14,20-21H,13,15-19H2,1-9H3,(H,44,50)(H,45,51)(H,46,47,52,53). The van der Waals surface area contributed by atoms with Crippen molar-refractivity contribution in [2.75, 3.05) is 31.5 Å². The van der Waals surface area contributed by atoms with Gasteiger partial charge in [0.15, 0.2) is 0 Å². The van der Waals surface area contributed by atoms with Crippen LogP contribution in [0.4, 0.5) is 28.9 Å². The Kier molecular flexibility index (Phi) is 14.5. The average Bonchev–Trinajstić information content (AvgIpc) is 3.60. The number of amides is 4. The Morgan fingerprint density at radius 3 is 1.97 bits per heavy atom. The minimum absolute atomic E-state index is 0.00365. The molecule has 58 heavy (non-hydrogen) atoms. The van der Waals surface area contributed by atoms with E-state index in [4.69, 9.17) is 24.1 Å². The van der Waals surface area contributed by atoms with Gasteiger partial charge in [0.1, 0.15) is 17.0 Å². The predicted octanol–water partition coefficient (Wildman–Crippen LogP) is 7.00. The van der Waals surface area contributed by atoms with Gasteiger partial charge in [-0.15, -0.1) is 4.99 Å². The molecule has 0 saturated carbocycles. The van der Waals surface area contributed by atoms with Crippen molar-refractivity contribution in [1.29, 1.82) is 5.26 Å². The molecule has 0 unspecified atom stereocenters. The van der Waals surface area contributed by atoms with E-state index in [-0.39, 0.29) is 47.3 Å². The number of halogens is 2. The number of carbonyl (C=O) groups excluding carboxylic acids is 4. The number of nitrogens with one attached hydrogen (secondary N) is 3. The van der Waals surface area contributed by atoms with Gasteiger partial charge >= 0.3 is 191 Å². The number of carbonyl (C=O) groups is 4. The zero-order valence-electron chi connectivity index (χ0n) is 34.0. The summed E-state index contributed by atoms with van der Waals surface area (Å²) in [5, 5.41) is 16.4. The minimum Gasteiger partial charge on any atom is -0.206 e. The first-order valence-corrected chi connectivity index (χ1v) is 19.2. The monoisotopic (exact) mass is 823 g/mol. The minimum atomic E-state index is -0.933. The van der Waals surface area contributed by atoms with E-state index in [1.165, 1.54) is 11.3 Å². The number of benzene rings is 1. The van der Waals surface area contributed by atoms with Crippen LogP contribution >= 0.6 is 11.3 Å².